The highest BCUT2D eigenvalue weighted by atomic mass is 16.6. The summed E-state index contributed by atoms with van der Waals surface area (Å²) in [5, 5.41) is 0. The van der Waals surface area contributed by atoms with Crippen LogP contribution in [-0.4, -0.2) is 60.6 Å². The van der Waals surface area contributed by atoms with Crippen molar-refractivity contribution in [2.75, 3.05) is 13.8 Å². The number of carbonyl (C=O) groups excluding carboxylic acids is 3. The fraction of sp³-hybridized carbons (Fsp3) is 0.889. The van der Waals surface area contributed by atoms with E-state index in [4.69, 9.17) is 18.9 Å². The summed E-state index contributed by atoms with van der Waals surface area (Å²) in [6.45, 7) is 11.4. The first kappa shape index (κ1) is 29.4. The van der Waals surface area contributed by atoms with Gasteiger partial charge in [0.1, 0.15) is 30.6 Å². The molecule has 0 aromatic rings. The molecule has 0 bridgehead atoms. The van der Waals surface area contributed by atoms with Crippen molar-refractivity contribution in [3.63, 3.8) is 0 Å². The number of cyclic esters (lactones) is 1. The van der Waals surface area contributed by atoms with E-state index in [0.29, 0.717) is 18.8 Å². The van der Waals surface area contributed by atoms with Gasteiger partial charge in [-0.05, 0) is 71.6 Å². The Morgan fingerprint density at radius 2 is 1.74 bits per heavy atom. The average Bonchev–Trinajstić information content (AvgIpc) is 3.30. The normalized spacial score (nSPS) is 26.5. The molecule has 0 aromatic carbocycles. The number of amides is 1. The molecule has 0 spiro atoms. The SMILES string of the molecule is COCN(C(=O)OC(C)(C)C)[C@H]1CCC[C@H](CCC(C)C)[C@@H](OC(=O)C2CCCC2)[C@H](C)OC1=O. The summed E-state index contributed by atoms with van der Waals surface area (Å²) in [6.07, 6.45) is 5.87. The molecule has 202 valence electrons. The first-order valence-electron chi connectivity index (χ1n) is 13.3. The summed E-state index contributed by atoms with van der Waals surface area (Å²) in [4.78, 5) is 40.5. The van der Waals surface area contributed by atoms with Crippen LogP contribution in [0.5, 0.6) is 0 Å². The summed E-state index contributed by atoms with van der Waals surface area (Å²) < 4.78 is 22.7. The summed E-state index contributed by atoms with van der Waals surface area (Å²) in [7, 11) is 1.47. The molecule has 1 saturated carbocycles. The maximum absolute atomic E-state index is 13.3. The number of nitrogens with zero attached hydrogens (tertiary/aromatic N) is 1. The second kappa shape index (κ2) is 13.5. The molecular weight excluding hydrogens is 450 g/mol. The van der Waals surface area contributed by atoms with Crippen LogP contribution in [0.4, 0.5) is 4.79 Å². The molecule has 0 aromatic heterocycles. The van der Waals surface area contributed by atoms with E-state index >= 15 is 0 Å². The van der Waals surface area contributed by atoms with E-state index < -0.39 is 35.9 Å². The molecule has 2 fully saturated rings. The number of hydrogen-bond acceptors (Lipinski definition) is 7. The highest BCUT2D eigenvalue weighted by molar-refractivity contribution is 5.81. The summed E-state index contributed by atoms with van der Waals surface area (Å²) >= 11 is 0. The predicted octanol–water partition coefficient (Wildman–Crippen LogP) is 5.47. The smallest absolute Gasteiger partial charge is 0.412 e. The molecule has 1 aliphatic heterocycles. The van der Waals surface area contributed by atoms with Crippen molar-refractivity contribution in [2.24, 2.45) is 17.8 Å². The minimum absolute atomic E-state index is 0.0617. The third-order valence-corrected chi connectivity index (χ3v) is 6.88. The highest BCUT2D eigenvalue weighted by Gasteiger charge is 2.40. The van der Waals surface area contributed by atoms with Crippen molar-refractivity contribution in [2.45, 2.75) is 123 Å². The van der Waals surface area contributed by atoms with Gasteiger partial charge in [-0.25, -0.2) is 9.59 Å². The van der Waals surface area contributed by atoms with Crippen molar-refractivity contribution in [1.82, 2.24) is 4.90 Å². The molecule has 2 aliphatic rings. The van der Waals surface area contributed by atoms with E-state index in [0.717, 1.165) is 44.9 Å². The molecule has 1 amide bonds. The Hall–Kier alpha value is -1.83. The number of carbonyl (C=O) groups is 3. The van der Waals surface area contributed by atoms with Gasteiger partial charge in [-0.1, -0.05) is 39.5 Å². The van der Waals surface area contributed by atoms with Gasteiger partial charge in [0.15, 0.2) is 0 Å². The Balaban J connectivity index is 2.25. The van der Waals surface area contributed by atoms with Crippen molar-refractivity contribution in [1.29, 1.82) is 0 Å². The largest absolute Gasteiger partial charge is 0.458 e. The fourth-order valence-electron chi connectivity index (χ4n) is 5.02. The fourth-order valence-corrected chi connectivity index (χ4v) is 5.02. The molecule has 8 nitrogen and oxygen atoms in total. The monoisotopic (exact) mass is 497 g/mol. The number of ether oxygens (including phenoxy) is 4. The second-order valence-corrected chi connectivity index (χ2v) is 11.6. The molecule has 0 radical (unpaired) electrons. The van der Waals surface area contributed by atoms with Crippen LogP contribution in [0, 0.1) is 17.8 Å². The van der Waals surface area contributed by atoms with E-state index in [1.165, 1.54) is 12.0 Å². The van der Waals surface area contributed by atoms with E-state index in [1.807, 2.05) is 0 Å². The van der Waals surface area contributed by atoms with Gasteiger partial charge in [0.2, 0.25) is 0 Å². The van der Waals surface area contributed by atoms with Gasteiger partial charge in [-0.15, -0.1) is 0 Å². The van der Waals surface area contributed by atoms with E-state index in [9.17, 15) is 14.4 Å². The Morgan fingerprint density at radius 1 is 1.09 bits per heavy atom. The lowest BCUT2D eigenvalue weighted by atomic mass is 9.86. The number of hydrogen-bond donors (Lipinski definition) is 0. The minimum Gasteiger partial charge on any atom is -0.458 e. The molecule has 4 atom stereocenters. The maximum atomic E-state index is 13.3. The van der Waals surface area contributed by atoms with Gasteiger partial charge < -0.3 is 18.9 Å². The zero-order chi connectivity index (χ0) is 26.2. The van der Waals surface area contributed by atoms with Crippen LogP contribution in [0.25, 0.3) is 0 Å². The van der Waals surface area contributed by atoms with Crippen LogP contribution in [-0.2, 0) is 28.5 Å². The molecule has 2 rings (SSSR count). The third kappa shape index (κ3) is 9.28. The predicted molar refractivity (Wildman–Crippen MR) is 133 cm³/mol. The molecular formula is C27H47NO7. The first-order valence-corrected chi connectivity index (χ1v) is 13.3. The van der Waals surface area contributed by atoms with Crippen molar-refractivity contribution in [3.8, 4) is 0 Å². The van der Waals surface area contributed by atoms with Crippen LogP contribution >= 0.6 is 0 Å². The third-order valence-electron chi connectivity index (χ3n) is 6.88. The van der Waals surface area contributed by atoms with E-state index in [-0.39, 0.29) is 24.5 Å². The maximum Gasteiger partial charge on any atom is 0.412 e. The minimum atomic E-state index is -0.831. The Labute approximate surface area is 211 Å². The molecule has 1 aliphatic carbocycles. The second-order valence-electron chi connectivity index (χ2n) is 11.6. The van der Waals surface area contributed by atoms with Gasteiger partial charge in [0.25, 0.3) is 0 Å². The zero-order valence-corrected chi connectivity index (χ0v) is 22.8. The first-order chi connectivity index (χ1) is 16.4. The lowest BCUT2D eigenvalue weighted by Crippen LogP contribution is -2.49. The molecule has 1 saturated heterocycles. The van der Waals surface area contributed by atoms with Crippen LogP contribution in [0.15, 0.2) is 0 Å². The van der Waals surface area contributed by atoms with Gasteiger partial charge in [0.05, 0.1) is 5.92 Å². The van der Waals surface area contributed by atoms with Crippen molar-refractivity contribution >= 4 is 18.0 Å². The molecule has 1 heterocycles. The standard InChI is InChI=1S/C27H47NO7/c1-18(2)15-16-20-13-10-14-22(28(17-32-7)26(31)35-27(4,5)6)25(30)33-19(3)23(20)34-24(29)21-11-8-9-12-21/h18-23H,8-17H2,1-7H3/t19-,20+,22-,23-/m0/s1. The number of methoxy groups -OCH3 is 1. The average molecular weight is 498 g/mol. The molecule has 0 N–H and O–H groups in total. The summed E-state index contributed by atoms with van der Waals surface area (Å²) in [5.41, 5.74) is -0.708. The van der Waals surface area contributed by atoms with Gasteiger partial charge in [-0.2, -0.15) is 0 Å². The molecule has 35 heavy (non-hydrogen) atoms. The van der Waals surface area contributed by atoms with Crippen LogP contribution in [0.3, 0.4) is 0 Å². The van der Waals surface area contributed by atoms with E-state index in [1.54, 1.807) is 27.7 Å². The Morgan fingerprint density at radius 3 is 2.31 bits per heavy atom. The van der Waals surface area contributed by atoms with Gasteiger partial charge >= 0.3 is 18.0 Å². The van der Waals surface area contributed by atoms with Crippen molar-refractivity contribution in [3.05, 3.63) is 0 Å². The van der Waals surface area contributed by atoms with Crippen molar-refractivity contribution < 1.29 is 33.3 Å². The zero-order valence-electron chi connectivity index (χ0n) is 22.8. The topological polar surface area (TPSA) is 91.4 Å². The quantitative estimate of drug-likeness (QED) is 0.250. The van der Waals surface area contributed by atoms with Gasteiger partial charge in [-0.3, -0.25) is 9.69 Å². The number of esters is 2. The summed E-state index contributed by atoms with van der Waals surface area (Å²) in [5.74, 6) is -0.152. The van der Waals surface area contributed by atoms with Crippen LogP contribution in [0.2, 0.25) is 0 Å². The lowest BCUT2D eigenvalue weighted by molar-refractivity contribution is -0.177. The summed E-state index contributed by atoms with van der Waals surface area (Å²) in [6, 6.07) is -0.831. The number of rotatable bonds is 8. The van der Waals surface area contributed by atoms with Gasteiger partial charge in [0, 0.05) is 7.11 Å². The van der Waals surface area contributed by atoms with Crippen LogP contribution in [0.1, 0.15) is 99.3 Å². The Bertz CT molecular complexity index is 696. The molecule has 8 heteroatoms. The lowest BCUT2D eigenvalue weighted by Gasteiger charge is -2.33. The van der Waals surface area contributed by atoms with E-state index in [2.05, 4.69) is 13.8 Å². The van der Waals surface area contributed by atoms with Crippen LogP contribution < -0.4 is 0 Å². The highest BCUT2D eigenvalue weighted by Crippen LogP contribution is 2.33. The Kier molecular flexibility index (Phi) is 11.3. The molecule has 0 unspecified atom stereocenters.